The van der Waals surface area contributed by atoms with Crippen molar-refractivity contribution in [2.24, 2.45) is 5.10 Å². The number of hydrogen-bond donors (Lipinski definition) is 2. The molecule has 0 aliphatic carbocycles. The molecule has 24 heavy (non-hydrogen) atoms. The molecule has 0 aromatic heterocycles. The zero-order valence-electron chi connectivity index (χ0n) is 12.6. The number of hydrazone groups is 1. The van der Waals surface area contributed by atoms with E-state index in [-0.39, 0.29) is 24.7 Å². The smallest absolute Gasteiger partial charge is 0.240 e. The first-order valence-corrected chi connectivity index (χ1v) is 8.34. The van der Waals surface area contributed by atoms with Gasteiger partial charge in [-0.3, -0.25) is 9.59 Å². The largest absolute Gasteiger partial charge is 0.325 e. The van der Waals surface area contributed by atoms with Crippen LogP contribution in [0.2, 0.25) is 5.02 Å². The predicted octanol–water partition coefficient (Wildman–Crippen LogP) is 3.97. The van der Waals surface area contributed by atoms with E-state index in [1.807, 2.05) is 30.3 Å². The molecule has 2 aromatic carbocycles. The van der Waals surface area contributed by atoms with Crippen molar-refractivity contribution in [3.63, 3.8) is 0 Å². The van der Waals surface area contributed by atoms with Gasteiger partial charge in [-0.05, 0) is 34.1 Å². The van der Waals surface area contributed by atoms with E-state index in [9.17, 15) is 9.59 Å². The van der Waals surface area contributed by atoms with Gasteiger partial charge >= 0.3 is 0 Å². The number of hydrogen-bond acceptors (Lipinski definition) is 3. The van der Waals surface area contributed by atoms with Crippen LogP contribution in [0.25, 0.3) is 0 Å². The number of para-hydroxylation sites is 1. The highest BCUT2D eigenvalue weighted by molar-refractivity contribution is 9.10. The Hall–Kier alpha value is -2.18. The maximum Gasteiger partial charge on any atom is 0.240 e. The molecule has 7 heteroatoms. The van der Waals surface area contributed by atoms with E-state index >= 15 is 0 Å². The molecular weight excluding hydrogens is 394 g/mol. The Kier molecular flexibility index (Phi) is 6.96. The van der Waals surface area contributed by atoms with Crippen LogP contribution >= 0.6 is 27.5 Å². The molecule has 2 aromatic rings. The number of rotatable bonds is 6. The molecule has 0 aliphatic heterocycles. The van der Waals surface area contributed by atoms with Gasteiger partial charge in [-0.15, -0.1) is 0 Å². The monoisotopic (exact) mass is 407 g/mol. The van der Waals surface area contributed by atoms with Crippen LogP contribution in [-0.2, 0) is 9.59 Å². The van der Waals surface area contributed by atoms with Crippen LogP contribution in [0.3, 0.4) is 0 Å². The van der Waals surface area contributed by atoms with E-state index in [1.165, 1.54) is 6.21 Å². The van der Waals surface area contributed by atoms with Gasteiger partial charge in [-0.25, -0.2) is 5.43 Å². The van der Waals surface area contributed by atoms with Crippen molar-refractivity contribution in [1.29, 1.82) is 0 Å². The molecule has 0 bridgehead atoms. The second-order valence-corrected chi connectivity index (χ2v) is 6.10. The summed E-state index contributed by atoms with van der Waals surface area (Å²) in [6.45, 7) is 0. The number of carbonyl (C=O) groups excluding carboxylic acids is 2. The number of nitrogens with zero attached hydrogens (tertiary/aromatic N) is 1. The third kappa shape index (κ3) is 5.79. The van der Waals surface area contributed by atoms with Gasteiger partial charge in [-0.2, -0.15) is 5.10 Å². The minimum Gasteiger partial charge on any atom is -0.325 e. The number of amides is 2. The quantitative estimate of drug-likeness (QED) is 0.561. The molecule has 5 nitrogen and oxygen atoms in total. The summed E-state index contributed by atoms with van der Waals surface area (Å²) >= 11 is 9.31. The lowest BCUT2D eigenvalue weighted by atomic mass is 10.2. The Morgan fingerprint density at radius 3 is 2.46 bits per heavy atom. The lowest BCUT2D eigenvalue weighted by Gasteiger charge is -2.06. The van der Waals surface area contributed by atoms with Gasteiger partial charge in [0, 0.05) is 27.9 Å². The molecule has 0 unspecified atom stereocenters. The van der Waals surface area contributed by atoms with Crippen molar-refractivity contribution in [2.75, 3.05) is 5.32 Å². The predicted molar refractivity (Wildman–Crippen MR) is 99.2 cm³/mol. The maximum absolute atomic E-state index is 11.8. The molecule has 0 aliphatic rings. The summed E-state index contributed by atoms with van der Waals surface area (Å²) in [7, 11) is 0. The molecule has 2 rings (SSSR count). The fraction of sp³-hybridized carbons (Fsp3) is 0.118. The normalized spacial score (nSPS) is 10.6. The summed E-state index contributed by atoms with van der Waals surface area (Å²) in [5.41, 5.74) is 3.74. The Morgan fingerprint density at radius 1 is 1.04 bits per heavy atom. The number of halogens is 2. The second-order valence-electron chi connectivity index (χ2n) is 4.84. The summed E-state index contributed by atoms with van der Waals surface area (Å²) < 4.78 is 0.784. The number of carbonyl (C=O) groups is 2. The maximum atomic E-state index is 11.8. The molecule has 0 saturated heterocycles. The van der Waals surface area contributed by atoms with Crippen LogP contribution in [0, 0.1) is 0 Å². The van der Waals surface area contributed by atoms with Crippen LogP contribution in [-0.4, -0.2) is 18.0 Å². The summed E-state index contributed by atoms with van der Waals surface area (Å²) in [4.78, 5) is 23.5. The Labute approximate surface area is 153 Å². The standard InChI is InChI=1S/C17H15BrClN3O2/c18-13-6-2-4-8-15(13)21-16(23)9-10-17(24)22-20-11-12-5-1-3-7-14(12)19/h1-8,11H,9-10H2,(H,21,23)(H,22,24)/b20-11+. The van der Waals surface area contributed by atoms with Gasteiger partial charge < -0.3 is 5.32 Å². The van der Waals surface area contributed by atoms with Crippen LogP contribution < -0.4 is 10.7 Å². The first-order valence-electron chi connectivity index (χ1n) is 7.17. The van der Waals surface area contributed by atoms with Crippen molar-refractivity contribution in [2.45, 2.75) is 12.8 Å². The van der Waals surface area contributed by atoms with Gasteiger partial charge in [-0.1, -0.05) is 41.9 Å². The fourth-order valence-corrected chi connectivity index (χ4v) is 2.38. The van der Waals surface area contributed by atoms with Crippen molar-refractivity contribution in [3.8, 4) is 0 Å². The van der Waals surface area contributed by atoms with Crippen molar-refractivity contribution < 1.29 is 9.59 Å². The number of anilines is 1. The molecule has 2 N–H and O–H groups in total. The van der Waals surface area contributed by atoms with Gasteiger partial charge in [0.25, 0.3) is 0 Å². The van der Waals surface area contributed by atoms with E-state index in [1.54, 1.807) is 18.2 Å². The summed E-state index contributed by atoms with van der Waals surface area (Å²) in [6.07, 6.45) is 1.56. The summed E-state index contributed by atoms with van der Waals surface area (Å²) in [6, 6.07) is 14.4. The topological polar surface area (TPSA) is 70.6 Å². The summed E-state index contributed by atoms with van der Waals surface area (Å²) in [5, 5.41) is 7.11. The lowest BCUT2D eigenvalue weighted by molar-refractivity contribution is -0.124. The van der Waals surface area contributed by atoms with Crippen molar-refractivity contribution >= 4 is 51.2 Å². The van der Waals surface area contributed by atoms with E-state index in [4.69, 9.17) is 11.6 Å². The first-order chi connectivity index (χ1) is 11.6. The van der Waals surface area contributed by atoms with Crippen LogP contribution in [0.15, 0.2) is 58.1 Å². The highest BCUT2D eigenvalue weighted by atomic mass is 79.9. The van der Waals surface area contributed by atoms with Gasteiger partial charge in [0.2, 0.25) is 11.8 Å². The van der Waals surface area contributed by atoms with E-state index in [2.05, 4.69) is 31.8 Å². The highest BCUT2D eigenvalue weighted by Crippen LogP contribution is 2.21. The molecule has 0 atom stereocenters. The zero-order valence-corrected chi connectivity index (χ0v) is 15.0. The summed E-state index contributed by atoms with van der Waals surface area (Å²) in [5.74, 6) is -0.590. The highest BCUT2D eigenvalue weighted by Gasteiger charge is 2.08. The average molecular weight is 409 g/mol. The zero-order chi connectivity index (χ0) is 17.4. The molecule has 0 fully saturated rings. The molecule has 0 radical (unpaired) electrons. The first kappa shape index (κ1) is 18.2. The van der Waals surface area contributed by atoms with Gasteiger partial charge in [0.15, 0.2) is 0 Å². The minimum atomic E-state index is -0.347. The van der Waals surface area contributed by atoms with Crippen molar-refractivity contribution in [3.05, 3.63) is 63.6 Å². The van der Waals surface area contributed by atoms with Crippen LogP contribution in [0.5, 0.6) is 0 Å². The molecule has 2 amide bonds. The van der Waals surface area contributed by atoms with Gasteiger partial charge in [0.05, 0.1) is 11.9 Å². The molecule has 0 heterocycles. The number of benzene rings is 2. The lowest BCUT2D eigenvalue weighted by Crippen LogP contribution is -2.20. The Morgan fingerprint density at radius 2 is 1.71 bits per heavy atom. The van der Waals surface area contributed by atoms with E-state index in [0.717, 1.165) is 4.47 Å². The Balaban J connectivity index is 1.76. The third-order valence-corrected chi connectivity index (χ3v) is 4.06. The second kappa shape index (κ2) is 9.20. The van der Waals surface area contributed by atoms with Crippen molar-refractivity contribution in [1.82, 2.24) is 5.43 Å². The SMILES string of the molecule is O=C(CCC(=O)Nc1ccccc1Br)N/N=C/c1ccccc1Cl. The molecule has 0 saturated carbocycles. The minimum absolute atomic E-state index is 0.0378. The van der Waals surface area contributed by atoms with E-state index < -0.39 is 0 Å². The number of nitrogens with one attached hydrogen (secondary N) is 2. The van der Waals surface area contributed by atoms with Gasteiger partial charge in [0.1, 0.15) is 0 Å². The van der Waals surface area contributed by atoms with Crippen LogP contribution in [0.4, 0.5) is 5.69 Å². The van der Waals surface area contributed by atoms with E-state index in [0.29, 0.717) is 16.3 Å². The van der Waals surface area contributed by atoms with Crippen LogP contribution in [0.1, 0.15) is 18.4 Å². The molecule has 0 spiro atoms. The Bertz CT molecular complexity index is 765. The third-order valence-electron chi connectivity index (χ3n) is 3.03. The average Bonchev–Trinajstić information content (AvgIpc) is 2.57. The molecule has 124 valence electrons. The molecular formula is C17H15BrClN3O2. The fourth-order valence-electron chi connectivity index (χ4n) is 1.81.